The van der Waals surface area contributed by atoms with Gasteiger partial charge in [0.2, 0.25) is 5.91 Å². The standard InChI is InChI=1S/C16H20BrN3O2/c1-9-6-7-14(22-5)13(8-9)18-16(21)12(4)20-11(3)15(17)10(2)19-20/h6-8,12H,1-5H3,(H,18,21). The average molecular weight is 366 g/mol. The zero-order valence-electron chi connectivity index (χ0n) is 13.4. The number of aromatic nitrogens is 2. The van der Waals surface area contributed by atoms with Gasteiger partial charge in [-0.2, -0.15) is 5.10 Å². The number of aryl methyl sites for hydroxylation is 2. The molecule has 118 valence electrons. The summed E-state index contributed by atoms with van der Waals surface area (Å²) in [4.78, 5) is 12.5. The van der Waals surface area contributed by atoms with Crippen molar-refractivity contribution >= 4 is 27.5 Å². The van der Waals surface area contributed by atoms with Gasteiger partial charge in [0.15, 0.2) is 0 Å². The molecule has 0 radical (unpaired) electrons. The number of hydrogen-bond acceptors (Lipinski definition) is 3. The fourth-order valence-electron chi connectivity index (χ4n) is 2.29. The van der Waals surface area contributed by atoms with Crippen LogP contribution in [0.15, 0.2) is 22.7 Å². The van der Waals surface area contributed by atoms with Gasteiger partial charge in [0.05, 0.1) is 28.7 Å². The Balaban J connectivity index is 2.25. The Labute approximate surface area is 138 Å². The van der Waals surface area contributed by atoms with E-state index in [0.29, 0.717) is 11.4 Å². The lowest BCUT2D eigenvalue weighted by atomic mass is 10.2. The highest BCUT2D eigenvalue weighted by molar-refractivity contribution is 9.10. The van der Waals surface area contributed by atoms with E-state index in [4.69, 9.17) is 4.74 Å². The molecule has 1 atom stereocenters. The molecule has 2 aromatic rings. The van der Waals surface area contributed by atoms with Crippen molar-refractivity contribution in [2.75, 3.05) is 12.4 Å². The molecule has 2 rings (SSSR count). The number of carbonyl (C=O) groups is 1. The number of rotatable bonds is 4. The Morgan fingerprint density at radius 3 is 2.59 bits per heavy atom. The van der Waals surface area contributed by atoms with E-state index in [1.165, 1.54) is 0 Å². The lowest BCUT2D eigenvalue weighted by molar-refractivity contribution is -0.119. The first-order valence-corrected chi connectivity index (χ1v) is 7.81. The first-order chi connectivity index (χ1) is 10.3. The molecule has 1 aromatic carbocycles. The topological polar surface area (TPSA) is 56.1 Å². The third kappa shape index (κ3) is 3.16. The fraction of sp³-hybridized carbons (Fsp3) is 0.375. The molecule has 5 nitrogen and oxygen atoms in total. The molecule has 22 heavy (non-hydrogen) atoms. The lowest BCUT2D eigenvalue weighted by Crippen LogP contribution is -2.25. The van der Waals surface area contributed by atoms with E-state index < -0.39 is 6.04 Å². The fourth-order valence-corrected chi connectivity index (χ4v) is 2.55. The highest BCUT2D eigenvalue weighted by Gasteiger charge is 2.21. The van der Waals surface area contributed by atoms with Crippen molar-refractivity contribution in [3.05, 3.63) is 39.6 Å². The molecule has 0 spiro atoms. The smallest absolute Gasteiger partial charge is 0.249 e. The van der Waals surface area contributed by atoms with Gasteiger partial charge in [-0.3, -0.25) is 9.48 Å². The second kappa shape index (κ2) is 6.52. The first-order valence-electron chi connectivity index (χ1n) is 7.01. The van der Waals surface area contributed by atoms with E-state index in [0.717, 1.165) is 21.4 Å². The van der Waals surface area contributed by atoms with Gasteiger partial charge in [-0.25, -0.2) is 0 Å². The van der Waals surface area contributed by atoms with Crippen molar-refractivity contribution in [2.45, 2.75) is 33.7 Å². The molecule has 1 N–H and O–H groups in total. The summed E-state index contributed by atoms with van der Waals surface area (Å²) in [5.74, 6) is 0.502. The zero-order valence-corrected chi connectivity index (χ0v) is 15.0. The number of ether oxygens (including phenoxy) is 1. The van der Waals surface area contributed by atoms with Gasteiger partial charge < -0.3 is 10.1 Å². The number of amides is 1. The van der Waals surface area contributed by atoms with Crippen molar-refractivity contribution in [3.63, 3.8) is 0 Å². The molecule has 0 saturated carbocycles. The van der Waals surface area contributed by atoms with E-state index in [1.54, 1.807) is 11.8 Å². The van der Waals surface area contributed by atoms with Crippen LogP contribution in [0.25, 0.3) is 0 Å². The number of nitrogens with zero attached hydrogens (tertiary/aromatic N) is 2. The first kappa shape index (κ1) is 16.5. The quantitative estimate of drug-likeness (QED) is 0.896. The largest absolute Gasteiger partial charge is 0.495 e. The minimum atomic E-state index is -0.421. The lowest BCUT2D eigenvalue weighted by Gasteiger charge is -2.16. The van der Waals surface area contributed by atoms with Crippen molar-refractivity contribution in [1.29, 1.82) is 0 Å². The van der Waals surface area contributed by atoms with E-state index in [9.17, 15) is 4.79 Å². The summed E-state index contributed by atoms with van der Waals surface area (Å²) in [6.45, 7) is 7.63. The number of nitrogens with one attached hydrogen (secondary N) is 1. The second-order valence-electron chi connectivity index (χ2n) is 5.30. The van der Waals surface area contributed by atoms with Crippen molar-refractivity contribution in [3.8, 4) is 5.75 Å². The Morgan fingerprint density at radius 2 is 2.05 bits per heavy atom. The van der Waals surface area contributed by atoms with Crippen LogP contribution >= 0.6 is 15.9 Å². The number of halogens is 1. The molecule has 0 aliphatic carbocycles. The number of benzene rings is 1. The van der Waals surface area contributed by atoms with Crippen molar-refractivity contribution < 1.29 is 9.53 Å². The molecule has 0 aliphatic heterocycles. The summed E-state index contributed by atoms with van der Waals surface area (Å²) >= 11 is 3.48. The van der Waals surface area contributed by atoms with Crippen LogP contribution in [-0.2, 0) is 4.79 Å². The van der Waals surface area contributed by atoms with Crippen LogP contribution in [0.4, 0.5) is 5.69 Å². The minimum absolute atomic E-state index is 0.137. The Kier molecular flexibility index (Phi) is 4.90. The monoisotopic (exact) mass is 365 g/mol. The molecule has 0 saturated heterocycles. The molecular formula is C16H20BrN3O2. The molecule has 1 amide bonds. The number of anilines is 1. The van der Waals surface area contributed by atoms with Gasteiger partial charge in [0, 0.05) is 0 Å². The van der Waals surface area contributed by atoms with Crippen LogP contribution in [0.5, 0.6) is 5.75 Å². The maximum atomic E-state index is 12.5. The van der Waals surface area contributed by atoms with Gasteiger partial charge >= 0.3 is 0 Å². The molecule has 0 fully saturated rings. The van der Waals surface area contributed by atoms with Crippen molar-refractivity contribution in [1.82, 2.24) is 9.78 Å². The SMILES string of the molecule is COc1ccc(C)cc1NC(=O)C(C)n1nc(C)c(Br)c1C. The average Bonchev–Trinajstić information content (AvgIpc) is 2.74. The maximum absolute atomic E-state index is 12.5. The van der Waals surface area contributed by atoms with Gasteiger partial charge in [-0.15, -0.1) is 0 Å². The van der Waals surface area contributed by atoms with Crippen LogP contribution in [0, 0.1) is 20.8 Å². The molecule has 6 heteroatoms. The predicted molar refractivity (Wildman–Crippen MR) is 90.5 cm³/mol. The molecule has 0 aliphatic rings. The summed E-state index contributed by atoms with van der Waals surface area (Å²) in [6, 6.07) is 5.25. The Bertz CT molecular complexity index is 710. The van der Waals surface area contributed by atoms with E-state index in [2.05, 4.69) is 26.3 Å². The summed E-state index contributed by atoms with van der Waals surface area (Å²) in [5, 5.41) is 7.33. The third-order valence-electron chi connectivity index (χ3n) is 3.60. The van der Waals surface area contributed by atoms with Gasteiger partial charge in [0.25, 0.3) is 0 Å². The van der Waals surface area contributed by atoms with Crippen LogP contribution in [0.1, 0.15) is 29.9 Å². The summed E-state index contributed by atoms with van der Waals surface area (Å²) in [5.41, 5.74) is 3.51. The van der Waals surface area contributed by atoms with Crippen LogP contribution in [0.2, 0.25) is 0 Å². The number of methoxy groups -OCH3 is 1. The number of carbonyl (C=O) groups excluding carboxylic acids is 1. The maximum Gasteiger partial charge on any atom is 0.249 e. The zero-order chi connectivity index (χ0) is 16.4. The highest BCUT2D eigenvalue weighted by Crippen LogP contribution is 2.27. The van der Waals surface area contributed by atoms with Crippen LogP contribution < -0.4 is 10.1 Å². The molecule has 1 unspecified atom stereocenters. The molecule has 1 aromatic heterocycles. The predicted octanol–water partition coefficient (Wildman–Crippen LogP) is 3.78. The highest BCUT2D eigenvalue weighted by atomic mass is 79.9. The summed E-state index contributed by atoms with van der Waals surface area (Å²) in [6.07, 6.45) is 0. The van der Waals surface area contributed by atoms with E-state index in [1.807, 2.05) is 45.9 Å². The van der Waals surface area contributed by atoms with E-state index in [-0.39, 0.29) is 5.91 Å². The third-order valence-corrected chi connectivity index (χ3v) is 4.74. The molecular weight excluding hydrogens is 346 g/mol. The second-order valence-corrected chi connectivity index (χ2v) is 6.09. The van der Waals surface area contributed by atoms with E-state index >= 15 is 0 Å². The minimum Gasteiger partial charge on any atom is -0.495 e. The number of hydrogen-bond donors (Lipinski definition) is 1. The van der Waals surface area contributed by atoms with Crippen LogP contribution in [-0.4, -0.2) is 22.8 Å². The molecule has 0 bridgehead atoms. The summed E-state index contributed by atoms with van der Waals surface area (Å²) < 4.78 is 7.94. The molecule has 1 heterocycles. The van der Waals surface area contributed by atoms with Gasteiger partial charge in [-0.1, -0.05) is 6.07 Å². The Hall–Kier alpha value is -1.82. The van der Waals surface area contributed by atoms with Crippen LogP contribution in [0.3, 0.4) is 0 Å². The summed E-state index contributed by atoms with van der Waals surface area (Å²) in [7, 11) is 1.59. The van der Waals surface area contributed by atoms with Gasteiger partial charge in [-0.05, 0) is 61.3 Å². The normalized spacial score (nSPS) is 12.1. The van der Waals surface area contributed by atoms with Crippen molar-refractivity contribution in [2.24, 2.45) is 0 Å². The van der Waals surface area contributed by atoms with Gasteiger partial charge in [0.1, 0.15) is 11.8 Å². The Morgan fingerprint density at radius 1 is 1.36 bits per heavy atom.